The molecule has 0 aromatic carbocycles. The predicted molar refractivity (Wildman–Crippen MR) is 67.2 cm³/mol. The number of nitrogens with zero attached hydrogens (tertiary/aromatic N) is 1. The monoisotopic (exact) mass is 305 g/mol. The Morgan fingerprint density at radius 2 is 2.25 bits per heavy atom. The minimum atomic E-state index is -3.00. The second-order valence-electron chi connectivity index (χ2n) is 4.83. The van der Waals surface area contributed by atoms with Crippen molar-refractivity contribution in [3.8, 4) is 5.75 Å². The molecule has 20 heavy (non-hydrogen) atoms. The number of alkyl halides is 2. The molecule has 1 aromatic rings. The Kier molecular flexibility index (Phi) is 3.94. The Morgan fingerprint density at radius 1 is 1.55 bits per heavy atom. The van der Waals surface area contributed by atoms with Crippen molar-refractivity contribution in [3.05, 3.63) is 16.3 Å². The molecule has 2 rings (SSSR count). The molecule has 1 saturated heterocycles. The number of rotatable bonds is 4. The first-order chi connectivity index (χ1) is 9.33. The number of halogens is 2. The molecule has 110 valence electrons. The highest BCUT2D eigenvalue weighted by molar-refractivity contribution is 7.12. The average Bonchev–Trinajstić information content (AvgIpc) is 2.95. The number of amides is 1. The van der Waals surface area contributed by atoms with Crippen molar-refractivity contribution in [3.63, 3.8) is 0 Å². The van der Waals surface area contributed by atoms with Crippen molar-refractivity contribution in [2.45, 2.75) is 20.0 Å². The minimum Gasteiger partial charge on any atom is -0.481 e. The van der Waals surface area contributed by atoms with Crippen LogP contribution in [-0.2, 0) is 4.79 Å². The van der Waals surface area contributed by atoms with Crippen molar-refractivity contribution in [2.75, 3.05) is 13.1 Å². The van der Waals surface area contributed by atoms with Crippen LogP contribution in [0.3, 0.4) is 0 Å². The molecule has 2 heterocycles. The summed E-state index contributed by atoms with van der Waals surface area (Å²) in [6, 6.07) is 1.30. The number of thiophene rings is 1. The molecule has 0 bridgehead atoms. The number of ether oxygens (including phenoxy) is 1. The van der Waals surface area contributed by atoms with Gasteiger partial charge in [-0.05, 0) is 24.8 Å². The fourth-order valence-corrected chi connectivity index (χ4v) is 2.88. The lowest BCUT2D eigenvalue weighted by Crippen LogP contribution is -2.34. The number of likely N-dealkylation sites (tertiary alicyclic amines) is 1. The van der Waals surface area contributed by atoms with E-state index in [2.05, 4.69) is 4.74 Å². The summed E-state index contributed by atoms with van der Waals surface area (Å²) in [6.45, 7) is -1.09. The van der Waals surface area contributed by atoms with Crippen LogP contribution in [0.5, 0.6) is 5.75 Å². The summed E-state index contributed by atoms with van der Waals surface area (Å²) in [5.41, 5.74) is -0.989. The van der Waals surface area contributed by atoms with Gasteiger partial charge < -0.3 is 14.7 Å². The molecule has 1 aliphatic heterocycles. The summed E-state index contributed by atoms with van der Waals surface area (Å²) < 4.78 is 28.7. The van der Waals surface area contributed by atoms with Gasteiger partial charge in [0.25, 0.3) is 5.91 Å². The van der Waals surface area contributed by atoms with E-state index in [4.69, 9.17) is 5.11 Å². The predicted octanol–water partition coefficient (Wildman–Crippen LogP) is 2.29. The first-order valence-electron chi connectivity index (χ1n) is 5.88. The van der Waals surface area contributed by atoms with Gasteiger partial charge in [-0.1, -0.05) is 0 Å². The van der Waals surface area contributed by atoms with Crippen LogP contribution in [0.4, 0.5) is 8.78 Å². The summed E-state index contributed by atoms with van der Waals surface area (Å²) in [7, 11) is 0. The first kappa shape index (κ1) is 14.7. The van der Waals surface area contributed by atoms with E-state index in [1.807, 2.05) is 0 Å². The van der Waals surface area contributed by atoms with Crippen molar-refractivity contribution in [2.24, 2.45) is 5.41 Å². The maximum Gasteiger partial charge on any atom is 0.387 e. The molecular weight excluding hydrogens is 292 g/mol. The van der Waals surface area contributed by atoms with Gasteiger partial charge in [-0.15, -0.1) is 11.3 Å². The third kappa shape index (κ3) is 2.74. The van der Waals surface area contributed by atoms with E-state index >= 15 is 0 Å². The Morgan fingerprint density at radius 3 is 2.80 bits per heavy atom. The van der Waals surface area contributed by atoms with Gasteiger partial charge in [-0.25, -0.2) is 0 Å². The molecule has 1 aliphatic rings. The summed E-state index contributed by atoms with van der Waals surface area (Å²) in [4.78, 5) is 24.8. The normalized spacial score (nSPS) is 22.3. The number of carboxylic acid groups (broad SMARTS) is 1. The quantitative estimate of drug-likeness (QED) is 0.927. The maximum atomic E-state index is 12.2. The zero-order chi connectivity index (χ0) is 14.9. The highest BCUT2D eigenvalue weighted by Gasteiger charge is 2.42. The Bertz CT molecular complexity index is 533. The fraction of sp³-hybridized carbons (Fsp3) is 0.500. The van der Waals surface area contributed by atoms with Gasteiger partial charge in [-0.2, -0.15) is 8.78 Å². The molecule has 1 aromatic heterocycles. The van der Waals surface area contributed by atoms with E-state index in [9.17, 15) is 18.4 Å². The van der Waals surface area contributed by atoms with E-state index in [0.717, 1.165) is 11.3 Å². The number of carbonyl (C=O) groups excluding carboxylic acids is 1. The second-order valence-corrected chi connectivity index (χ2v) is 5.75. The number of hydrogen-bond donors (Lipinski definition) is 1. The number of carboxylic acids is 1. The number of hydrogen-bond acceptors (Lipinski definition) is 4. The molecular formula is C12H13F2NO4S. The third-order valence-electron chi connectivity index (χ3n) is 3.32. The molecule has 1 amide bonds. The number of aliphatic carboxylic acids is 1. The summed E-state index contributed by atoms with van der Waals surface area (Å²) in [5.74, 6) is -1.61. The van der Waals surface area contributed by atoms with Crippen molar-refractivity contribution < 1.29 is 28.2 Å². The van der Waals surface area contributed by atoms with Crippen LogP contribution in [0, 0.1) is 5.41 Å². The highest BCUT2D eigenvalue weighted by Crippen LogP contribution is 2.34. The zero-order valence-corrected chi connectivity index (χ0v) is 11.5. The first-order valence-corrected chi connectivity index (χ1v) is 6.76. The molecule has 1 atom stereocenters. The minimum absolute atomic E-state index is 0.0627. The van der Waals surface area contributed by atoms with Crippen LogP contribution in [0.2, 0.25) is 0 Å². The van der Waals surface area contributed by atoms with Crippen LogP contribution in [0.1, 0.15) is 23.0 Å². The van der Waals surface area contributed by atoms with Gasteiger partial charge in [0.2, 0.25) is 0 Å². The van der Waals surface area contributed by atoms with Crippen molar-refractivity contribution in [1.82, 2.24) is 4.90 Å². The number of carbonyl (C=O) groups is 2. The largest absolute Gasteiger partial charge is 0.481 e. The van der Waals surface area contributed by atoms with Gasteiger partial charge in [0.1, 0.15) is 10.6 Å². The second kappa shape index (κ2) is 5.35. The van der Waals surface area contributed by atoms with Crippen LogP contribution in [-0.4, -0.2) is 41.6 Å². The lowest BCUT2D eigenvalue weighted by atomic mass is 9.90. The molecule has 1 N–H and O–H groups in total. The zero-order valence-electron chi connectivity index (χ0n) is 10.6. The lowest BCUT2D eigenvalue weighted by molar-refractivity contribution is -0.147. The highest BCUT2D eigenvalue weighted by atomic mass is 32.1. The van der Waals surface area contributed by atoms with E-state index in [-0.39, 0.29) is 23.7 Å². The Balaban J connectivity index is 2.14. The summed E-state index contributed by atoms with van der Waals surface area (Å²) in [5, 5.41) is 10.6. The smallest absolute Gasteiger partial charge is 0.387 e. The average molecular weight is 305 g/mol. The van der Waals surface area contributed by atoms with Crippen molar-refractivity contribution in [1.29, 1.82) is 0 Å². The van der Waals surface area contributed by atoms with Gasteiger partial charge in [0, 0.05) is 13.1 Å². The van der Waals surface area contributed by atoms with E-state index in [1.165, 1.54) is 16.3 Å². The van der Waals surface area contributed by atoms with Crippen LogP contribution in [0.25, 0.3) is 0 Å². The van der Waals surface area contributed by atoms with Gasteiger partial charge >= 0.3 is 12.6 Å². The lowest BCUT2D eigenvalue weighted by Gasteiger charge is -2.20. The Hall–Kier alpha value is -1.70. The SMILES string of the molecule is CC1(C(=O)O)CCN(C(=O)c2sccc2OC(F)F)C1. The molecule has 0 radical (unpaired) electrons. The van der Waals surface area contributed by atoms with Crippen LogP contribution >= 0.6 is 11.3 Å². The topological polar surface area (TPSA) is 66.8 Å². The molecule has 0 spiro atoms. The molecule has 8 heteroatoms. The van der Waals surface area contributed by atoms with Crippen LogP contribution in [0.15, 0.2) is 11.4 Å². The fourth-order valence-electron chi connectivity index (χ4n) is 2.09. The van der Waals surface area contributed by atoms with Gasteiger partial charge in [0.15, 0.2) is 0 Å². The molecule has 1 unspecified atom stereocenters. The van der Waals surface area contributed by atoms with E-state index < -0.39 is 23.9 Å². The van der Waals surface area contributed by atoms with Crippen molar-refractivity contribution >= 4 is 23.2 Å². The summed E-state index contributed by atoms with van der Waals surface area (Å²) in [6.07, 6.45) is 0.338. The van der Waals surface area contributed by atoms with E-state index in [1.54, 1.807) is 6.92 Å². The van der Waals surface area contributed by atoms with Gasteiger partial charge in [-0.3, -0.25) is 9.59 Å². The van der Waals surface area contributed by atoms with Gasteiger partial charge in [0.05, 0.1) is 5.41 Å². The molecule has 0 saturated carbocycles. The van der Waals surface area contributed by atoms with E-state index in [0.29, 0.717) is 6.42 Å². The third-order valence-corrected chi connectivity index (χ3v) is 4.20. The summed E-state index contributed by atoms with van der Waals surface area (Å²) >= 11 is 0.998. The maximum absolute atomic E-state index is 12.2. The Labute approximate surface area is 117 Å². The molecule has 1 fully saturated rings. The molecule has 0 aliphatic carbocycles. The standard InChI is InChI=1S/C12H13F2NO4S/c1-12(10(17)18)3-4-15(6-12)9(16)8-7(2-5-20-8)19-11(13)14/h2,5,11H,3-4,6H2,1H3,(H,17,18). The molecule has 5 nitrogen and oxygen atoms in total. The van der Waals surface area contributed by atoms with Crippen LogP contribution < -0.4 is 4.74 Å².